The lowest BCUT2D eigenvalue weighted by Gasteiger charge is -2.36. The molecular formula is C22H24ClNO5. The average Bonchev–Trinajstić information content (AvgIpc) is 2.69. The molecule has 0 saturated carbocycles. The number of rotatable bonds is 4. The first-order chi connectivity index (χ1) is 13.9. The van der Waals surface area contributed by atoms with Crippen LogP contribution in [0.1, 0.15) is 29.3 Å². The maximum absolute atomic E-state index is 12.8. The van der Waals surface area contributed by atoms with E-state index in [9.17, 15) is 9.90 Å². The van der Waals surface area contributed by atoms with Gasteiger partial charge in [-0.1, -0.05) is 17.7 Å². The lowest BCUT2D eigenvalue weighted by Crippen LogP contribution is -2.44. The summed E-state index contributed by atoms with van der Waals surface area (Å²) in [5.74, 6) is 0.830. The molecule has 0 bridgehead atoms. The zero-order valence-corrected chi connectivity index (χ0v) is 17.3. The topological polar surface area (TPSA) is 68.2 Å². The van der Waals surface area contributed by atoms with Gasteiger partial charge >= 0.3 is 0 Å². The summed E-state index contributed by atoms with van der Waals surface area (Å²) < 4.78 is 17.5. The molecule has 0 aromatic heterocycles. The van der Waals surface area contributed by atoms with E-state index in [2.05, 4.69) is 4.90 Å². The molecule has 154 valence electrons. The summed E-state index contributed by atoms with van der Waals surface area (Å²) in [6, 6.07) is 8.91. The highest BCUT2D eigenvalue weighted by atomic mass is 35.5. The summed E-state index contributed by atoms with van der Waals surface area (Å²) in [6.45, 7) is 6.61. The molecule has 29 heavy (non-hydrogen) atoms. The van der Waals surface area contributed by atoms with Crippen LogP contribution in [0, 0.1) is 6.92 Å². The minimum Gasteiger partial charge on any atom is -0.507 e. The van der Waals surface area contributed by atoms with Crippen LogP contribution in [0.3, 0.4) is 0 Å². The Kier molecular flexibility index (Phi) is 5.32. The fourth-order valence-electron chi connectivity index (χ4n) is 3.74. The van der Waals surface area contributed by atoms with Gasteiger partial charge in [-0.3, -0.25) is 4.79 Å². The number of phenolic OH excluding ortho intramolecular Hbond substituents is 1. The largest absolute Gasteiger partial charge is 0.507 e. The molecule has 2 heterocycles. The monoisotopic (exact) mass is 417 g/mol. The van der Waals surface area contributed by atoms with Crippen molar-refractivity contribution in [3.8, 4) is 17.2 Å². The van der Waals surface area contributed by atoms with Gasteiger partial charge in [0.15, 0.2) is 5.78 Å². The van der Waals surface area contributed by atoms with Gasteiger partial charge in [0.1, 0.15) is 35.0 Å². The summed E-state index contributed by atoms with van der Waals surface area (Å²) in [5.41, 5.74) is 1.04. The second-order valence-corrected chi connectivity index (χ2v) is 8.15. The smallest absolute Gasteiger partial charge is 0.174 e. The number of hydrogen-bond acceptors (Lipinski definition) is 6. The lowest BCUT2D eigenvalue weighted by molar-refractivity contribution is 0.0184. The molecule has 1 N–H and O–H groups in total. The van der Waals surface area contributed by atoms with Crippen molar-refractivity contribution < 1.29 is 24.1 Å². The minimum atomic E-state index is -0.852. The zero-order chi connectivity index (χ0) is 20.6. The minimum absolute atomic E-state index is 0.0531. The summed E-state index contributed by atoms with van der Waals surface area (Å²) >= 11 is 6.16. The summed E-state index contributed by atoms with van der Waals surface area (Å²) in [7, 11) is 0. The first-order valence-electron chi connectivity index (χ1n) is 9.66. The van der Waals surface area contributed by atoms with Gasteiger partial charge in [0.2, 0.25) is 0 Å². The standard InChI is InChI=1S/C22H24ClNO5/c1-14-16(23)4-3-5-19(14)28-13-22(2)12-18(26)21-17(25)10-15(11-20(21)29-22)24-6-8-27-9-7-24/h3-5,10-11,25H,6-9,12-13H2,1-2H3. The number of ether oxygens (including phenoxy) is 3. The van der Waals surface area contributed by atoms with Crippen molar-refractivity contribution in [2.45, 2.75) is 25.9 Å². The van der Waals surface area contributed by atoms with Crippen LogP contribution in [0.2, 0.25) is 5.02 Å². The van der Waals surface area contributed by atoms with Gasteiger partial charge in [-0.05, 0) is 26.0 Å². The number of Topliss-reactive ketones (excluding diaryl/α,β-unsaturated/α-hetero) is 1. The molecule has 1 unspecified atom stereocenters. The number of nitrogens with zero attached hydrogens (tertiary/aromatic N) is 1. The highest BCUT2D eigenvalue weighted by Crippen LogP contribution is 2.41. The Bertz CT molecular complexity index is 941. The summed E-state index contributed by atoms with van der Waals surface area (Å²) in [4.78, 5) is 14.9. The Balaban J connectivity index is 1.58. The third-order valence-electron chi connectivity index (χ3n) is 5.36. The number of carbonyl (C=O) groups excluding carboxylic acids is 1. The van der Waals surface area contributed by atoms with Crippen molar-refractivity contribution in [2.24, 2.45) is 0 Å². The van der Waals surface area contributed by atoms with Crippen LogP contribution in [0.4, 0.5) is 5.69 Å². The van der Waals surface area contributed by atoms with E-state index in [0.717, 1.165) is 24.3 Å². The van der Waals surface area contributed by atoms with Gasteiger partial charge < -0.3 is 24.2 Å². The zero-order valence-electron chi connectivity index (χ0n) is 16.5. The van der Waals surface area contributed by atoms with Crippen molar-refractivity contribution in [3.05, 3.63) is 46.5 Å². The van der Waals surface area contributed by atoms with Crippen LogP contribution in [0.5, 0.6) is 17.2 Å². The Morgan fingerprint density at radius 3 is 2.79 bits per heavy atom. The van der Waals surface area contributed by atoms with E-state index >= 15 is 0 Å². The number of anilines is 1. The van der Waals surface area contributed by atoms with Crippen LogP contribution in [-0.2, 0) is 4.74 Å². The normalized spacial score (nSPS) is 21.5. The van der Waals surface area contributed by atoms with E-state index < -0.39 is 5.60 Å². The number of fused-ring (bicyclic) bond motifs is 1. The molecule has 6 nitrogen and oxygen atoms in total. The molecule has 2 aromatic carbocycles. The van der Waals surface area contributed by atoms with Crippen molar-refractivity contribution in [2.75, 3.05) is 37.8 Å². The molecule has 0 spiro atoms. The maximum Gasteiger partial charge on any atom is 0.174 e. The Morgan fingerprint density at radius 1 is 1.28 bits per heavy atom. The molecule has 0 radical (unpaired) electrons. The van der Waals surface area contributed by atoms with Crippen LogP contribution in [0.25, 0.3) is 0 Å². The third kappa shape index (κ3) is 4.00. The molecule has 1 fully saturated rings. The van der Waals surface area contributed by atoms with Crippen LogP contribution in [-0.4, -0.2) is 49.4 Å². The fourth-order valence-corrected chi connectivity index (χ4v) is 3.90. The second-order valence-electron chi connectivity index (χ2n) is 7.74. The first kappa shape index (κ1) is 19.9. The highest BCUT2D eigenvalue weighted by molar-refractivity contribution is 6.31. The maximum atomic E-state index is 12.8. The Hall–Kier alpha value is -2.44. The van der Waals surface area contributed by atoms with E-state index in [1.54, 1.807) is 12.1 Å². The van der Waals surface area contributed by atoms with Gasteiger partial charge in [-0.15, -0.1) is 0 Å². The SMILES string of the molecule is Cc1c(Cl)cccc1OCC1(C)CC(=O)c2c(O)cc(N3CCOCC3)cc2O1. The molecule has 2 aliphatic heterocycles. The number of morpholine rings is 1. The van der Waals surface area contributed by atoms with Gasteiger partial charge in [0.05, 0.1) is 19.6 Å². The predicted octanol–water partition coefficient (Wildman–Crippen LogP) is 3.99. The predicted molar refractivity (Wildman–Crippen MR) is 111 cm³/mol. The quantitative estimate of drug-likeness (QED) is 0.811. The Morgan fingerprint density at radius 2 is 2.03 bits per heavy atom. The van der Waals surface area contributed by atoms with Crippen LogP contribution in [0.15, 0.2) is 30.3 Å². The molecule has 1 atom stereocenters. The van der Waals surface area contributed by atoms with Crippen molar-refractivity contribution >= 4 is 23.1 Å². The van der Waals surface area contributed by atoms with Gasteiger partial charge in [0, 0.05) is 41.5 Å². The summed E-state index contributed by atoms with van der Waals surface area (Å²) in [6.07, 6.45) is 0.115. The van der Waals surface area contributed by atoms with Gasteiger partial charge in [-0.2, -0.15) is 0 Å². The van der Waals surface area contributed by atoms with Crippen molar-refractivity contribution in [3.63, 3.8) is 0 Å². The Labute approximate surface area is 174 Å². The number of phenols is 1. The molecule has 2 aliphatic rings. The first-order valence-corrected chi connectivity index (χ1v) is 10.0. The summed E-state index contributed by atoms with van der Waals surface area (Å²) in [5, 5.41) is 11.1. The van der Waals surface area contributed by atoms with Crippen molar-refractivity contribution in [1.29, 1.82) is 0 Å². The molecule has 0 amide bonds. The number of aromatic hydroxyl groups is 1. The lowest BCUT2D eigenvalue weighted by atomic mass is 9.91. The number of ketones is 1. The van der Waals surface area contributed by atoms with Gasteiger partial charge in [-0.25, -0.2) is 0 Å². The molecule has 1 saturated heterocycles. The number of halogens is 1. The molecular weight excluding hydrogens is 394 g/mol. The van der Waals surface area contributed by atoms with Crippen LogP contribution >= 0.6 is 11.6 Å². The van der Waals surface area contributed by atoms with Crippen LogP contribution < -0.4 is 14.4 Å². The van der Waals surface area contributed by atoms with E-state index in [-0.39, 0.29) is 30.1 Å². The van der Waals surface area contributed by atoms with Gasteiger partial charge in [0.25, 0.3) is 0 Å². The van der Waals surface area contributed by atoms with E-state index in [1.165, 1.54) is 0 Å². The third-order valence-corrected chi connectivity index (χ3v) is 5.77. The van der Waals surface area contributed by atoms with E-state index in [0.29, 0.717) is 29.7 Å². The highest BCUT2D eigenvalue weighted by Gasteiger charge is 2.39. The molecule has 0 aliphatic carbocycles. The number of carbonyl (C=O) groups is 1. The van der Waals surface area contributed by atoms with Crippen molar-refractivity contribution in [1.82, 2.24) is 0 Å². The molecule has 7 heteroatoms. The average molecular weight is 418 g/mol. The van der Waals surface area contributed by atoms with E-state index in [1.807, 2.05) is 32.0 Å². The van der Waals surface area contributed by atoms with E-state index in [4.69, 9.17) is 25.8 Å². The second kappa shape index (κ2) is 7.76. The fraction of sp³-hybridized carbons (Fsp3) is 0.409. The number of benzene rings is 2. The molecule has 4 rings (SSSR count). The molecule has 2 aromatic rings. The number of hydrogen-bond donors (Lipinski definition) is 1.